The van der Waals surface area contributed by atoms with Crippen molar-refractivity contribution in [2.75, 3.05) is 19.8 Å². The van der Waals surface area contributed by atoms with Crippen LogP contribution in [0.5, 0.6) is 11.5 Å². The van der Waals surface area contributed by atoms with E-state index >= 15 is 0 Å². The van der Waals surface area contributed by atoms with Gasteiger partial charge in [-0.2, -0.15) is 0 Å². The second kappa shape index (κ2) is 5.78. The van der Waals surface area contributed by atoms with E-state index in [1.807, 2.05) is 12.2 Å². The third-order valence-electron chi connectivity index (χ3n) is 4.76. The molecule has 1 aromatic rings. The lowest BCUT2D eigenvalue weighted by molar-refractivity contribution is -0.139. The Morgan fingerprint density at radius 3 is 2.29 bits per heavy atom. The quantitative estimate of drug-likeness (QED) is 0.479. The Bertz CT molecular complexity index is 728. The van der Waals surface area contributed by atoms with Crippen LogP contribution >= 0.6 is 0 Å². The summed E-state index contributed by atoms with van der Waals surface area (Å²) in [5.41, 5.74) is 0.410. The van der Waals surface area contributed by atoms with Crippen LogP contribution in [-0.4, -0.2) is 42.3 Å². The van der Waals surface area contributed by atoms with Gasteiger partial charge in [-0.15, -0.1) is 0 Å². The first kappa shape index (κ1) is 14.9. The van der Waals surface area contributed by atoms with Crippen molar-refractivity contribution in [2.45, 2.75) is 12.8 Å². The lowest BCUT2D eigenvalue weighted by Gasteiger charge is -2.19. The summed E-state index contributed by atoms with van der Waals surface area (Å²) in [7, 11) is 0. The van der Waals surface area contributed by atoms with Gasteiger partial charge in [-0.3, -0.25) is 19.3 Å². The lowest BCUT2D eigenvalue weighted by atomic mass is 9.85. The minimum Gasteiger partial charge on any atom is -0.486 e. The van der Waals surface area contributed by atoms with E-state index in [0.29, 0.717) is 43.1 Å². The number of carbonyl (C=O) groups excluding carboxylic acids is 3. The van der Waals surface area contributed by atoms with Crippen LogP contribution in [0.25, 0.3) is 0 Å². The highest BCUT2D eigenvalue weighted by Gasteiger charge is 2.47. The van der Waals surface area contributed by atoms with Gasteiger partial charge in [-0.05, 0) is 31.0 Å². The Morgan fingerprint density at radius 2 is 1.62 bits per heavy atom. The first-order chi connectivity index (χ1) is 11.6. The van der Waals surface area contributed by atoms with Gasteiger partial charge in [0, 0.05) is 5.56 Å². The van der Waals surface area contributed by atoms with Crippen molar-refractivity contribution in [3.05, 3.63) is 35.9 Å². The van der Waals surface area contributed by atoms with Crippen molar-refractivity contribution in [1.29, 1.82) is 0 Å². The first-order valence-corrected chi connectivity index (χ1v) is 8.08. The number of rotatable bonds is 3. The number of ketones is 1. The van der Waals surface area contributed by atoms with E-state index in [1.54, 1.807) is 18.2 Å². The van der Waals surface area contributed by atoms with E-state index in [4.69, 9.17) is 9.47 Å². The van der Waals surface area contributed by atoms with Gasteiger partial charge in [0.05, 0.1) is 18.4 Å². The van der Waals surface area contributed by atoms with E-state index in [0.717, 1.165) is 4.90 Å². The van der Waals surface area contributed by atoms with Gasteiger partial charge >= 0.3 is 0 Å². The van der Waals surface area contributed by atoms with E-state index in [9.17, 15) is 14.4 Å². The number of hydrogen-bond acceptors (Lipinski definition) is 5. The molecule has 2 aliphatic heterocycles. The maximum atomic E-state index is 12.5. The summed E-state index contributed by atoms with van der Waals surface area (Å²) in [5, 5.41) is 0. The van der Waals surface area contributed by atoms with Crippen molar-refractivity contribution in [3.63, 3.8) is 0 Å². The molecular formula is C18H17NO5. The summed E-state index contributed by atoms with van der Waals surface area (Å²) in [6, 6.07) is 4.92. The summed E-state index contributed by atoms with van der Waals surface area (Å²) in [4.78, 5) is 38.5. The van der Waals surface area contributed by atoms with Gasteiger partial charge < -0.3 is 9.47 Å². The van der Waals surface area contributed by atoms with Crippen molar-refractivity contribution >= 4 is 17.6 Å². The van der Waals surface area contributed by atoms with Crippen molar-refractivity contribution in [1.82, 2.24) is 4.90 Å². The summed E-state index contributed by atoms with van der Waals surface area (Å²) >= 11 is 0. The fourth-order valence-corrected chi connectivity index (χ4v) is 3.48. The third-order valence-corrected chi connectivity index (χ3v) is 4.76. The molecule has 0 spiro atoms. The lowest BCUT2D eigenvalue weighted by Crippen LogP contribution is -2.36. The third kappa shape index (κ3) is 2.38. The molecule has 0 bridgehead atoms. The Morgan fingerprint density at radius 1 is 1.00 bits per heavy atom. The molecule has 0 aromatic heterocycles. The van der Waals surface area contributed by atoms with Crippen molar-refractivity contribution < 1.29 is 23.9 Å². The Labute approximate surface area is 139 Å². The molecule has 6 nitrogen and oxygen atoms in total. The van der Waals surface area contributed by atoms with Gasteiger partial charge in [-0.1, -0.05) is 12.2 Å². The first-order valence-electron chi connectivity index (χ1n) is 8.08. The topological polar surface area (TPSA) is 72.9 Å². The van der Waals surface area contributed by atoms with Crippen LogP contribution in [0.3, 0.4) is 0 Å². The molecule has 2 amide bonds. The van der Waals surface area contributed by atoms with Crippen LogP contribution in [0.15, 0.2) is 30.4 Å². The highest BCUT2D eigenvalue weighted by atomic mass is 16.6. The zero-order valence-electron chi connectivity index (χ0n) is 13.1. The number of fused-ring (bicyclic) bond motifs is 2. The summed E-state index contributed by atoms with van der Waals surface area (Å²) in [5.74, 6) is -0.251. The molecule has 1 fully saturated rings. The Balaban J connectivity index is 1.52. The van der Waals surface area contributed by atoms with Gasteiger partial charge in [0.25, 0.3) is 0 Å². The molecular weight excluding hydrogens is 310 g/mol. The maximum absolute atomic E-state index is 12.5. The smallest absolute Gasteiger partial charge is 0.233 e. The molecule has 6 heteroatoms. The van der Waals surface area contributed by atoms with Crippen LogP contribution < -0.4 is 9.47 Å². The molecule has 0 unspecified atom stereocenters. The summed E-state index contributed by atoms with van der Waals surface area (Å²) in [6.45, 7) is 0.697. The predicted octanol–water partition coefficient (Wildman–Crippen LogP) is 1.59. The van der Waals surface area contributed by atoms with Crippen molar-refractivity contribution in [3.8, 4) is 11.5 Å². The second-order valence-electron chi connectivity index (χ2n) is 6.20. The number of carbonyl (C=O) groups is 3. The highest BCUT2D eigenvalue weighted by Crippen LogP contribution is 2.35. The number of hydrogen-bond donors (Lipinski definition) is 0. The number of likely N-dealkylation sites (tertiary alicyclic amines) is 1. The van der Waals surface area contributed by atoms with Crippen LogP contribution in [-0.2, 0) is 9.59 Å². The molecule has 0 radical (unpaired) electrons. The average Bonchev–Trinajstić information content (AvgIpc) is 2.86. The molecule has 1 aromatic carbocycles. The molecule has 1 saturated heterocycles. The van der Waals surface area contributed by atoms with E-state index in [2.05, 4.69) is 0 Å². The van der Waals surface area contributed by atoms with Crippen LogP contribution in [0.2, 0.25) is 0 Å². The molecule has 1 aliphatic carbocycles. The van der Waals surface area contributed by atoms with Gasteiger partial charge in [-0.25, -0.2) is 0 Å². The van der Waals surface area contributed by atoms with Crippen LogP contribution in [0, 0.1) is 11.8 Å². The summed E-state index contributed by atoms with van der Waals surface area (Å²) < 4.78 is 10.9. The minimum absolute atomic E-state index is 0.218. The number of benzene rings is 1. The van der Waals surface area contributed by atoms with E-state index in [-0.39, 0.29) is 36.0 Å². The zero-order chi connectivity index (χ0) is 16.7. The molecule has 0 saturated carbocycles. The monoisotopic (exact) mass is 327 g/mol. The standard InChI is InChI=1S/C18H17NO5/c20-14(11-5-6-15-16(9-11)24-8-7-23-15)10-19-17(21)12-3-1-2-4-13(12)18(19)22/h1-2,5-6,9,12-13H,3-4,7-8,10H2/t12-,13-/m1/s1. The largest absolute Gasteiger partial charge is 0.486 e. The number of imide groups is 1. The molecule has 2 heterocycles. The molecule has 0 N–H and O–H groups in total. The molecule has 2 atom stereocenters. The minimum atomic E-state index is -0.310. The van der Waals surface area contributed by atoms with E-state index in [1.165, 1.54) is 0 Å². The van der Waals surface area contributed by atoms with E-state index < -0.39 is 0 Å². The van der Waals surface area contributed by atoms with Crippen LogP contribution in [0.4, 0.5) is 0 Å². The average molecular weight is 327 g/mol. The van der Waals surface area contributed by atoms with Gasteiger partial charge in [0.2, 0.25) is 11.8 Å². The highest BCUT2D eigenvalue weighted by molar-refractivity contribution is 6.10. The molecule has 3 aliphatic rings. The number of Topliss-reactive ketones (excluding diaryl/α,β-unsaturated/α-hetero) is 1. The molecule has 4 rings (SSSR count). The SMILES string of the molecule is O=C(CN1C(=O)[C@@H]2CC=CC[C@H]2C1=O)c1ccc2c(c1)OCCO2. The number of amides is 2. The number of nitrogens with zero attached hydrogens (tertiary/aromatic N) is 1. The van der Waals surface area contributed by atoms with Gasteiger partial charge in [0.15, 0.2) is 17.3 Å². The van der Waals surface area contributed by atoms with Crippen LogP contribution in [0.1, 0.15) is 23.2 Å². The Kier molecular flexibility index (Phi) is 3.59. The predicted molar refractivity (Wildman–Crippen MR) is 83.8 cm³/mol. The summed E-state index contributed by atoms with van der Waals surface area (Å²) in [6.07, 6.45) is 5.00. The maximum Gasteiger partial charge on any atom is 0.233 e. The van der Waals surface area contributed by atoms with Gasteiger partial charge in [0.1, 0.15) is 13.2 Å². The second-order valence-corrected chi connectivity index (χ2v) is 6.20. The fourth-order valence-electron chi connectivity index (χ4n) is 3.48. The normalized spacial score (nSPS) is 24.9. The Hall–Kier alpha value is -2.63. The number of allylic oxidation sites excluding steroid dienone is 2. The number of ether oxygens (including phenoxy) is 2. The molecule has 24 heavy (non-hydrogen) atoms. The van der Waals surface area contributed by atoms with Crippen molar-refractivity contribution in [2.24, 2.45) is 11.8 Å². The zero-order valence-corrected chi connectivity index (χ0v) is 13.1. The fraction of sp³-hybridized carbons (Fsp3) is 0.389. The molecule has 124 valence electrons.